The fourth-order valence-corrected chi connectivity index (χ4v) is 1.69. The lowest BCUT2D eigenvalue weighted by molar-refractivity contribution is 0.0778. The predicted molar refractivity (Wildman–Crippen MR) is 72.0 cm³/mol. The van der Waals surface area contributed by atoms with Gasteiger partial charge in [0.2, 0.25) is 0 Å². The Kier molecular flexibility index (Phi) is 4.21. The number of amides is 1. The highest BCUT2D eigenvalue weighted by molar-refractivity contribution is 5.91. The van der Waals surface area contributed by atoms with Gasteiger partial charge in [-0.05, 0) is 17.7 Å². The van der Waals surface area contributed by atoms with Crippen molar-refractivity contribution in [1.82, 2.24) is 14.9 Å². The number of hydrazine groups is 1. The Hall–Kier alpha value is -2.54. The first kappa shape index (κ1) is 13.9. The quantitative estimate of drug-likeness (QED) is 0.646. The summed E-state index contributed by atoms with van der Waals surface area (Å²) in [5, 5.41) is 0. The fourth-order valence-electron chi connectivity index (χ4n) is 1.69. The van der Waals surface area contributed by atoms with Crippen molar-refractivity contribution in [2.24, 2.45) is 5.84 Å². The van der Waals surface area contributed by atoms with Gasteiger partial charge in [0.1, 0.15) is 11.5 Å². The van der Waals surface area contributed by atoms with E-state index in [2.05, 4.69) is 15.4 Å². The predicted octanol–water partition coefficient (Wildman–Crippen LogP) is 1.17. The molecule has 0 saturated heterocycles. The Morgan fingerprint density at radius 1 is 1.40 bits per heavy atom. The summed E-state index contributed by atoms with van der Waals surface area (Å²) in [6.07, 6.45) is 2.70. The van der Waals surface area contributed by atoms with Gasteiger partial charge in [0.25, 0.3) is 5.91 Å². The van der Waals surface area contributed by atoms with E-state index in [4.69, 9.17) is 5.84 Å². The molecule has 0 spiro atoms. The number of hydrogen-bond acceptors (Lipinski definition) is 5. The Balaban J connectivity index is 2.07. The summed E-state index contributed by atoms with van der Waals surface area (Å²) < 4.78 is 13.1. The van der Waals surface area contributed by atoms with Crippen LogP contribution in [0.3, 0.4) is 0 Å². The fraction of sp³-hybridized carbons (Fsp3) is 0.154. The standard InChI is InChI=1S/C13H14FN5O/c1-19(8-9-3-2-4-10(14)5-9)13(20)11-6-17-12(18-15)7-16-11/h2-7H,8,15H2,1H3,(H,17,18). The molecule has 0 unspecified atom stereocenters. The van der Waals surface area contributed by atoms with Crippen LogP contribution in [0.1, 0.15) is 16.1 Å². The molecule has 104 valence electrons. The largest absolute Gasteiger partial charge is 0.336 e. The lowest BCUT2D eigenvalue weighted by Crippen LogP contribution is -2.27. The molecule has 0 saturated carbocycles. The van der Waals surface area contributed by atoms with Crippen LogP contribution < -0.4 is 11.3 Å². The van der Waals surface area contributed by atoms with Crippen LogP contribution in [0.2, 0.25) is 0 Å². The molecule has 1 aromatic heterocycles. The van der Waals surface area contributed by atoms with Crippen molar-refractivity contribution < 1.29 is 9.18 Å². The molecule has 0 aliphatic rings. The number of nitrogens with two attached hydrogens (primary N) is 1. The lowest BCUT2D eigenvalue weighted by atomic mass is 10.2. The minimum atomic E-state index is -0.332. The van der Waals surface area contributed by atoms with Crippen LogP contribution in [0.5, 0.6) is 0 Å². The molecule has 2 aromatic rings. The van der Waals surface area contributed by atoms with E-state index in [1.807, 2.05) is 0 Å². The Labute approximate surface area is 115 Å². The van der Waals surface area contributed by atoms with Crippen molar-refractivity contribution >= 4 is 11.7 Å². The molecular formula is C13H14FN5O. The van der Waals surface area contributed by atoms with E-state index in [-0.39, 0.29) is 24.0 Å². The van der Waals surface area contributed by atoms with Crippen LogP contribution in [0, 0.1) is 5.82 Å². The van der Waals surface area contributed by atoms with Crippen molar-refractivity contribution in [2.75, 3.05) is 12.5 Å². The maximum absolute atomic E-state index is 13.1. The molecule has 0 fully saturated rings. The molecule has 1 aromatic carbocycles. The highest BCUT2D eigenvalue weighted by atomic mass is 19.1. The molecule has 1 amide bonds. The molecule has 20 heavy (non-hydrogen) atoms. The van der Waals surface area contributed by atoms with Crippen LogP contribution >= 0.6 is 0 Å². The second kappa shape index (κ2) is 6.07. The Bertz CT molecular complexity index is 602. The highest BCUT2D eigenvalue weighted by Gasteiger charge is 2.14. The third kappa shape index (κ3) is 3.27. The zero-order valence-corrected chi connectivity index (χ0v) is 10.9. The SMILES string of the molecule is CN(Cc1cccc(F)c1)C(=O)c1cnc(NN)cn1. The number of halogens is 1. The van der Waals surface area contributed by atoms with E-state index >= 15 is 0 Å². The summed E-state index contributed by atoms with van der Waals surface area (Å²) in [4.78, 5) is 21.4. The van der Waals surface area contributed by atoms with Crippen LogP contribution in [-0.4, -0.2) is 27.8 Å². The van der Waals surface area contributed by atoms with E-state index in [1.165, 1.54) is 29.4 Å². The Morgan fingerprint density at radius 3 is 2.80 bits per heavy atom. The smallest absolute Gasteiger partial charge is 0.274 e. The summed E-state index contributed by atoms with van der Waals surface area (Å²) in [5.74, 6) is 4.91. The number of aromatic nitrogens is 2. The van der Waals surface area contributed by atoms with Crippen molar-refractivity contribution in [3.8, 4) is 0 Å². The average molecular weight is 275 g/mol. The third-order valence-corrected chi connectivity index (χ3v) is 2.67. The van der Waals surface area contributed by atoms with Gasteiger partial charge in [0, 0.05) is 13.6 Å². The van der Waals surface area contributed by atoms with Gasteiger partial charge in [-0.2, -0.15) is 0 Å². The molecule has 0 bridgehead atoms. The number of rotatable bonds is 4. The van der Waals surface area contributed by atoms with E-state index in [1.54, 1.807) is 19.2 Å². The van der Waals surface area contributed by atoms with Crippen molar-refractivity contribution in [3.63, 3.8) is 0 Å². The summed E-state index contributed by atoms with van der Waals surface area (Å²) in [5.41, 5.74) is 3.23. The Morgan fingerprint density at radius 2 is 2.20 bits per heavy atom. The monoisotopic (exact) mass is 275 g/mol. The van der Waals surface area contributed by atoms with Gasteiger partial charge in [-0.25, -0.2) is 20.2 Å². The molecule has 3 N–H and O–H groups in total. The average Bonchev–Trinajstić information content (AvgIpc) is 2.46. The number of nitrogen functional groups attached to an aromatic ring is 1. The number of anilines is 1. The molecule has 0 aliphatic heterocycles. The molecular weight excluding hydrogens is 261 g/mol. The number of nitrogens with one attached hydrogen (secondary N) is 1. The van der Waals surface area contributed by atoms with E-state index in [9.17, 15) is 9.18 Å². The van der Waals surface area contributed by atoms with Gasteiger partial charge in [0.05, 0.1) is 12.4 Å². The van der Waals surface area contributed by atoms with E-state index < -0.39 is 0 Å². The second-order valence-corrected chi connectivity index (χ2v) is 4.22. The van der Waals surface area contributed by atoms with Gasteiger partial charge in [0.15, 0.2) is 5.82 Å². The molecule has 6 nitrogen and oxygen atoms in total. The maximum atomic E-state index is 13.1. The number of benzene rings is 1. The molecule has 0 radical (unpaired) electrons. The van der Waals surface area contributed by atoms with Crippen LogP contribution in [-0.2, 0) is 6.54 Å². The number of nitrogens with zero attached hydrogens (tertiary/aromatic N) is 3. The second-order valence-electron chi connectivity index (χ2n) is 4.22. The molecule has 7 heteroatoms. The van der Waals surface area contributed by atoms with Crippen LogP contribution in [0.15, 0.2) is 36.7 Å². The number of carbonyl (C=O) groups is 1. The molecule has 0 aliphatic carbocycles. The first-order valence-electron chi connectivity index (χ1n) is 5.88. The van der Waals surface area contributed by atoms with Gasteiger partial charge in [-0.3, -0.25) is 4.79 Å². The number of carbonyl (C=O) groups excluding carboxylic acids is 1. The van der Waals surface area contributed by atoms with Gasteiger partial charge in [-0.1, -0.05) is 12.1 Å². The summed E-state index contributed by atoms with van der Waals surface area (Å²) in [7, 11) is 1.62. The van der Waals surface area contributed by atoms with E-state index in [0.717, 1.165) is 0 Å². The van der Waals surface area contributed by atoms with Crippen molar-refractivity contribution in [2.45, 2.75) is 6.54 Å². The van der Waals surface area contributed by atoms with Gasteiger partial charge in [-0.15, -0.1) is 0 Å². The van der Waals surface area contributed by atoms with Gasteiger partial charge >= 0.3 is 0 Å². The zero-order valence-electron chi connectivity index (χ0n) is 10.9. The summed E-state index contributed by atoms with van der Waals surface area (Å²) >= 11 is 0. The maximum Gasteiger partial charge on any atom is 0.274 e. The molecule has 2 rings (SSSR count). The zero-order chi connectivity index (χ0) is 14.5. The van der Waals surface area contributed by atoms with Crippen LogP contribution in [0.4, 0.5) is 10.2 Å². The summed E-state index contributed by atoms with van der Waals surface area (Å²) in [6, 6.07) is 6.09. The first-order chi connectivity index (χ1) is 9.60. The normalized spacial score (nSPS) is 10.2. The van der Waals surface area contributed by atoms with Crippen molar-refractivity contribution in [1.29, 1.82) is 0 Å². The van der Waals surface area contributed by atoms with Crippen molar-refractivity contribution in [3.05, 3.63) is 53.7 Å². The lowest BCUT2D eigenvalue weighted by Gasteiger charge is -2.16. The molecule has 1 heterocycles. The van der Waals surface area contributed by atoms with Gasteiger partial charge < -0.3 is 10.3 Å². The minimum Gasteiger partial charge on any atom is -0.336 e. The summed E-state index contributed by atoms with van der Waals surface area (Å²) in [6.45, 7) is 0.287. The van der Waals surface area contributed by atoms with E-state index in [0.29, 0.717) is 11.4 Å². The topological polar surface area (TPSA) is 84.1 Å². The number of hydrogen-bond donors (Lipinski definition) is 2. The first-order valence-corrected chi connectivity index (χ1v) is 5.88. The minimum absolute atomic E-state index is 0.197. The highest BCUT2D eigenvalue weighted by Crippen LogP contribution is 2.09. The third-order valence-electron chi connectivity index (χ3n) is 2.67. The van der Waals surface area contributed by atoms with Crippen LogP contribution in [0.25, 0.3) is 0 Å². The molecule has 0 atom stereocenters.